The summed E-state index contributed by atoms with van der Waals surface area (Å²) in [4.78, 5) is 20.9. The topological polar surface area (TPSA) is 45.7 Å². The van der Waals surface area contributed by atoms with Crippen LogP contribution in [0.25, 0.3) is 0 Å². The Morgan fingerprint density at radius 1 is 1.48 bits per heavy atom. The molecule has 0 aromatic carbocycles. The van der Waals surface area contributed by atoms with Crippen LogP contribution in [0, 0.1) is 0 Å². The number of carbonyl (C=O) groups excluding carboxylic acids is 1. The summed E-state index contributed by atoms with van der Waals surface area (Å²) in [6.45, 7) is 10.0. The highest BCUT2D eigenvalue weighted by Gasteiger charge is 2.30. The Bertz CT molecular complexity index is 539. The Kier molecular flexibility index (Phi) is 5.63. The predicted octanol–water partition coefficient (Wildman–Crippen LogP) is 4.00. The van der Waals surface area contributed by atoms with Gasteiger partial charge < -0.3 is 4.74 Å². The fraction of sp³-hybridized carbons (Fsp3) is 0.667. The van der Waals surface area contributed by atoms with Crippen molar-refractivity contribution in [2.75, 3.05) is 25.0 Å². The van der Waals surface area contributed by atoms with E-state index in [4.69, 9.17) is 4.74 Å². The standard InChI is InChI=1S/C18H29N3O2/c1-6-12-21-13-8-10-15(21)14-9-7-11-19-16(14)20(5)17(22)23-18(2,3)4/h7,9,11,15H,6,8,10,12-13H2,1-5H3. The average molecular weight is 319 g/mol. The van der Waals surface area contributed by atoms with E-state index in [1.54, 1.807) is 13.2 Å². The Labute approximate surface area is 139 Å². The fourth-order valence-corrected chi connectivity index (χ4v) is 3.10. The number of ether oxygens (including phenoxy) is 1. The summed E-state index contributed by atoms with van der Waals surface area (Å²) in [5.74, 6) is 0.703. The molecule has 1 fully saturated rings. The summed E-state index contributed by atoms with van der Waals surface area (Å²) in [5.41, 5.74) is 0.605. The minimum atomic E-state index is -0.512. The van der Waals surface area contributed by atoms with Crippen molar-refractivity contribution in [3.05, 3.63) is 23.9 Å². The molecule has 0 N–H and O–H groups in total. The monoisotopic (exact) mass is 319 g/mol. The van der Waals surface area contributed by atoms with Crippen molar-refractivity contribution < 1.29 is 9.53 Å². The Morgan fingerprint density at radius 2 is 2.22 bits per heavy atom. The quantitative estimate of drug-likeness (QED) is 0.841. The van der Waals surface area contributed by atoms with Crippen LogP contribution in [-0.2, 0) is 4.74 Å². The molecule has 2 heterocycles. The minimum absolute atomic E-state index is 0.337. The van der Waals surface area contributed by atoms with Crippen molar-refractivity contribution in [1.82, 2.24) is 9.88 Å². The van der Waals surface area contributed by atoms with Crippen LogP contribution >= 0.6 is 0 Å². The highest BCUT2D eigenvalue weighted by molar-refractivity contribution is 5.87. The summed E-state index contributed by atoms with van der Waals surface area (Å²) >= 11 is 0. The van der Waals surface area contributed by atoms with Gasteiger partial charge in [0, 0.05) is 24.8 Å². The zero-order valence-electron chi connectivity index (χ0n) is 15.0. The minimum Gasteiger partial charge on any atom is -0.443 e. The Hall–Kier alpha value is -1.62. The molecule has 0 saturated carbocycles. The molecule has 0 spiro atoms. The molecule has 128 valence electrons. The van der Waals surface area contributed by atoms with E-state index in [1.165, 1.54) is 11.3 Å². The van der Waals surface area contributed by atoms with Gasteiger partial charge >= 0.3 is 6.09 Å². The molecule has 2 rings (SSSR count). The summed E-state index contributed by atoms with van der Waals surface area (Å²) < 4.78 is 5.48. The normalized spacial score (nSPS) is 18.9. The van der Waals surface area contributed by atoms with Crippen molar-refractivity contribution in [2.45, 2.75) is 58.6 Å². The van der Waals surface area contributed by atoms with Gasteiger partial charge in [-0.05, 0) is 59.2 Å². The van der Waals surface area contributed by atoms with Crippen molar-refractivity contribution in [3.63, 3.8) is 0 Å². The predicted molar refractivity (Wildman–Crippen MR) is 92.7 cm³/mol. The summed E-state index contributed by atoms with van der Waals surface area (Å²) in [6.07, 6.45) is 4.81. The van der Waals surface area contributed by atoms with Gasteiger partial charge in [0.25, 0.3) is 0 Å². The second kappa shape index (κ2) is 7.30. The Morgan fingerprint density at radius 3 is 2.87 bits per heavy atom. The van der Waals surface area contributed by atoms with Gasteiger partial charge in [0.15, 0.2) is 0 Å². The van der Waals surface area contributed by atoms with Crippen molar-refractivity contribution in [2.24, 2.45) is 0 Å². The number of rotatable bonds is 4. The molecule has 0 radical (unpaired) electrons. The molecule has 1 aromatic rings. The molecule has 0 bridgehead atoms. The van der Waals surface area contributed by atoms with Crippen LogP contribution in [0.5, 0.6) is 0 Å². The van der Waals surface area contributed by atoms with Gasteiger partial charge in [0.05, 0.1) is 0 Å². The highest BCUT2D eigenvalue weighted by atomic mass is 16.6. The molecule has 23 heavy (non-hydrogen) atoms. The third-order valence-electron chi connectivity index (χ3n) is 4.04. The molecule has 0 aliphatic carbocycles. The van der Waals surface area contributed by atoms with Gasteiger partial charge in [-0.25, -0.2) is 9.78 Å². The first-order valence-corrected chi connectivity index (χ1v) is 8.49. The van der Waals surface area contributed by atoms with Gasteiger partial charge in [-0.3, -0.25) is 9.80 Å². The van der Waals surface area contributed by atoms with Crippen LogP contribution in [0.1, 0.15) is 58.6 Å². The number of hydrogen-bond donors (Lipinski definition) is 0. The van der Waals surface area contributed by atoms with Gasteiger partial charge in [0.2, 0.25) is 0 Å². The van der Waals surface area contributed by atoms with Gasteiger partial charge in [-0.2, -0.15) is 0 Å². The van der Waals surface area contributed by atoms with Crippen LogP contribution in [0.3, 0.4) is 0 Å². The maximum Gasteiger partial charge on any atom is 0.415 e. The first-order valence-electron chi connectivity index (χ1n) is 8.49. The Balaban J connectivity index is 2.25. The largest absolute Gasteiger partial charge is 0.443 e. The number of anilines is 1. The summed E-state index contributed by atoms with van der Waals surface area (Å²) in [6, 6.07) is 4.37. The van der Waals surface area contributed by atoms with Crippen LogP contribution in [0.2, 0.25) is 0 Å². The van der Waals surface area contributed by atoms with Gasteiger partial charge in [-0.1, -0.05) is 13.0 Å². The third kappa shape index (κ3) is 4.44. The second-order valence-corrected chi connectivity index (χ2v) is 7.15. The van der Waals surface area contributed by atoms with Crippen LogP contribution in [0.15, 0.2) is 18.3 Å². The van der Waals surface area contributed by atoms with E-state index in [1.807, 2.05) is 26.8 Å². The van der Waals surface area contributed by atoms with Gasteiger partial charge in [-0.15, -0.1) is 0 Å². The van der Waals surface area contributed by atoms with Gasteiger partial charge in [0.1, 0.15) is 11.4 Å². The maximum absolute atomic E-state index is 12.4. The number of pyridine rings is 1. The van der Waals surface area contributed by atoms with E-state index in [0.717, 1.165) is 31.5 Å². The number of aromatic nitrogens is 1. The molecule has 1 aliphatic heterocycles. The number of amides is 1. The van der Waals surface area contributed by atoms with E-state index in [-0.39, 0.29) is 6.09 Å². The molecule has 1 unspecified atom stereocenters. The molecular formula is C18H29N3O2. The summed E-state index contributed by atoms with van der Waals surface area (Å²) in [5, 5.41) is 0. The smallest absolute Gasteiger partial charge is 0.415 e. The SMILES string of the molecule is CCCN1CCCC1c1cccnc1N(C)C(=O)OC(C)(C)C. The molecule has 1 aromatic heterocycles. The lowest BCUT2D eigenvalue weighted by Gasteiger charge is -2.29. The van der Waals surface area contributed by atoms with E-state index in [9.17, 15) is 4.79 Å². The molecule has 1 amide bonds. The zero-order valence-corrected chi connectivity index (χ0v) is 15.0. The zero-order chi connectivity index (χ0) is 17.0. The van der Waals surface area contributed by atoms with Crippen molar-refractivity contribution in [1.29, 1.82) is 0 Å². The van der Waals surface area contributed by atoms with E-state index >= 15 is 0 Å². The molecule has 5 heteroatoms. The van der Waals surface area contributed by atoms with E-state index in [0.29, 0.717) is 11.9 Å². The highest BCUT2D eigenvalue weighted by Crippen LogP contribution is 2.36. The van der Waals surface area contributed by atoms with Crippen LogP contribution < -0.4 is 4.90 Å². The molecular weight excluding hydrogens is 290 g/mol. The van der Waals surface area contributed by atoms with Crippen molar-refractivity contribution >= 4 is 11.9 Å². The fourth-order valence-electron chi connectivity index (χ4n) is 3.10. The third-order valence-corrected chi connectivity index (χ3v) is 4.04. The molecule has 1 aliphatic rings. The first kappa shape index (κ1) is 17.7. The maximum atomic E-state index is 12.4. The van der Waals surface area contributed by atoms with E-state index < -0.39 is 5.60 Å². The lowest BCUT2D eigenvalue weighted by Crippen LogP contribution is -2.36. The van der Waals surface area contributed by atoms with Crippen LogP contribution in [0.4, 0.5) is 10.6 Å². The number of likely N-dealkylation sites (tertiary alicyclic amines) is 1. The lowest BCUT2D eigenvalue weighted by molar-refractivity contribution is 0.0587. The number of nitrogens with zero attached hydrogens (tertiary/aromatic N) is 3. The second-order valence-electron chi connectivity index (χ2n) is 7.15. The van der Waals surface area contributed by atoms with E-state index in [2.05, 4.69) is 22.9 Å². The lowest BCUT2D eigenvalue weighted by atomic mass is 10.0. The molecule has 1 saturated heterocycles. The average Bonchev–Trinajstić information content (AvgIpc) is 2.93. The number of carbonyl (C=O) groups is 1. The number of hydrogen-bond acceptors (Lipinski definition) is 4. The molecule has 1 atom stereocenters. The molecule has 5 nitrogen and oxygen atoms in total. The first-order chi connectivity index (χ1) is 10.8. The summed E-state index contributed by atoms with van der Waals surface area (Å²) in [7, 11) is 1.74. The van der Waals surface area contributed by atoms with Crippen molar-refractivity contribution in [3.8, 4) is 0 Å². The van der Waals surface area contributed by atoms with Crippen LogP contribution in [-0.4, -0.2) is 41.7 Å².